The lowest BCUT2D eigenvalue weighted by Gasteiger charge is -2.22. The quantitative estimate of drug-likeness (QED) is 0.417. The fraction of sp³-hybridized carbons (Fsp3) is 0.542. The van der Waals surface area contributed by atoms with Crippen LogP contribution in [-0.4, -0.2) is 24.1 Å². The average Bonchev–Trinajstić information content (AvgIpc) is 3.07. The summed E-state index contributed by atoms with van der Waals surface area (Å²) >= 11 is 0. The number of aromatic nitrogens is 1. The molecule has 6 nitrogen and oxygen atoms in total. The molecule has 0 N–H and O–H groups in total. The van der Waals surface area contributed by atoms with E-state index in [-0.39, 0.29) is 24.1 Å². The number of aryl methyl sites for hydroxylation is 2. The van der Waals surface area contributed by atoms with E-state index in [1.807, 2.05) is 6.92 Å². The molecule has 1 atom stereocenters. The molecule has 3 heterocycles. The van der Waals surface area contributed by atoms with Gasteiger partial charge in [-0.1, -0.05) is 6.08 Å². The van der Waals surface area contributed by atoms with Crippen molar-refractivity contribution in [1.29, 1.82) is 0 Å². The molecule has 3 rings (SSSR count). The smallest absolute Gasteiger partial charge is 0.227 e. The average molecular weight is 418 g/mol. The van der Waals surface area contributed by atoms with Crippen molar-refractivity contribution in [2.24, 2.45) is 0 Å². The Morgan fingerprint density at radius 2 is 2.10 bits per heavy atom. The van der Waals surface area contributed by atoms with Gasteiger partial charge in [-0.15, -0.1) is 6.58 Å². The Morgan fingerprint density at radius 1 is 1.30 bits per heavy atom. The maximum Gasteiger partial charge on any atom is 0.227 e. The van der Waals surface area contributed by atoms with Crippen LogP contribution in [-0.2, 0) is 22.6 Å². The zero-order valence-electron chi connectivity index (χ0n) is 18.5. The van der Waals surface area contributed by atoms with Crippen LogP contribution < -0.4 is 10.2 Å². The molecule has 2 aromatic rings. The maximum atomic E-state index is 12.1. The Morgan fingerprint density at radius 3 is 2.73 bits per heavy atom. The van der Waals surface area contributed by atoms with Gasteiger partial charge in [-0.25, -0.2) is 0 Å². The second-order valence-electron chi connectivity index (χ2n) is 7.42. The fourth-order valence-corrected chi connectivity index (χ4v) is 3.11. The summed E-state index contributed by atoms with van der Waals surface area (Å²) in [5.74, 6) is 0.737. The number of allylic oxidation sites excluding steroid dienone is 1. The van der Waals surface area contributed by atoms with E-state index in [4.69, 9.17) is 18.6 Å². The predicted octanol–water partition coefficient (Wildman–Crippen LogP) is 5.15. The van der Waals surface area contributed by atoms with E-state index >= 15 is 0 Å². The molecule has 0 saturated carbocycles. The Bertz CT molecular complexity index is 817. The van der Waals surface area contributed by atoms with Gasteiger partial charge in [-0.3, -0.25) is 4.79 Å². The molecule has 0 amide bonds. The van der Waals surface area contributed by atoms with E-state index in [1.165, 1.54) is 23.6 Å². The van der Waals surface area contributed by atoms with E-state index in [0.29, 0.717) is 12.4 Å². The third-order valence-electron chi connectivity index (χ3n) is 4.96. The monoisotopic (exact) mass is 417 g/mol. The van der Waals surface area contributed by atoms with Crippen LogP contribution in [0.4, 0.5) is 0 Å². The summed E-state index contributed by atoms with van der Waals surface area (Å²) in [5.41, 5.74) is 2.43. The molecule has 6 heteroatoms. The minimum absolute atomic E-state index is 0.179. The first-order chi connectivity index (χ1) is 14.5. The van der Waals surface area contributed by atoms with Crippen LogP contribution in [0.25, 0.3) is 0 Å². The minimum Gasteiger partial charge on any atom is -0.487 e. The van der Waals surface area contributed by atoms with Crippen molar-refractivity contribution in [2.75, 3.05) is 13.2 Å². The molecular formula is C24H35NO5. The molecule has 0 spiro atoms. The van der Waals surface area contributed by atoms with Crippen molar-refractivity contribution < 1.29 is 18.6 Å². The standard InChI is InChI=1S/C21H29NO5.C3H6/c1-16-8-10-22(17(16)2)9-4-6-11-24-20-15-26-18(13-19(20)23)14-27-21-7-3-5-12-25-21;1-3-2/h8,10,13,15,21H,3-7,9,11-12,14H2,1-2H3;3H,1H2,2H3. The van der Waals surface area contributed by atoms with Crippen LogP contribution in [0.1, 0.15) is 56.0 Å². The van der Waals surface area contributed by atoms with Crippen LogP contribution in [0.2, 0.25) is 0 Å². The second-order valence-corrected chi connectivity index (χ2v) is 7.42. The molecule has 30 heavy (non-hydrogen) atoms. The van der Waals surface area contributed by atoms with Gasteiger partial charge < -0.3 is 23.2 Å². The molecule has 1 aliphatic rings. The van der Waals surface area contributed by atoms with Crippen LogP contribution in [0.3, 0.4) is 0 Å². The van der Waals surface area contributed by atoms with Crippen LogP contribution in [0.15, 0.2) is 46.5 Å². The second kappa shape index (κ2) is 13.1. The molecule has 1 saturated heterocycles. The van der Waals surface area contributed by atoms with Crippen molar-refractivity contribution in [3.63, 3.8) is 0 Å². The van der Waals surface area contributed by atoms with Gasteiger partial charge in [-0.05, 0) is 64.5 Å². The summed E-state index contributed by atoms with van der Waals surface area (Å²) in [6, 6.07) is 3.56. The van der Waals surface area contributed by atoms with Crippen LogP contribution in [0.5, 0.6) is 5.75 Å². The maximum absolute atomic E-state index is 12.1. The van der Waals surface area contributed by atoms with E-state index in [0.717, 1.165) is 45.3 Å². The number of unbranched alkanes of at least 4 members (excludes halogenated alkanes) is 1. The Hall–Kier alpha value is -2.31. The van der Waals surface area contributed by atoms with Gasteiger partial charge in [0.25, 0.3) is 0 Å². The molecule has 1 aliphatic heterocycles. The number of hydrogen-bond acceptors (Lipinski definition) is 5. The summed E-state index contributed by atoms with van der Waals surface area (Å²) in [4.78, 5) is 12.1. The van der Waals surface area contributed by atoms with Gasteiger partial charge in [0.05, 0.1) is 6.61 Å². The molecule has 1 fully saturated rings. The van der Waals surface area contributed by atoms with Crippen molar-refractivity contribution >= 4 is 0 Å². The Kier molecular flexibility index (Phi) is 10.5. The minimum atomic E-state index is -0.201. The molecule has 0 bridgehead atoms. The highest BCUT2D eigenvalue weighted by atomic mass is 16.7. The van der Waals surface area contributed by atoms with E-state index in [1.54, 1.807) is 6.08 Å². The molecule has 0 aliphatic carbocycles. The molecular weight excluding hydrogens is 382 g/mol. The first kappa shape index (κ1) is 24.0. The van der Waals surface area contributed by atoms with Gasteiger partial charge in [0.2, 0.25) is 11.2 Å². The highest BCUT2D eigenvalue weighted by molar-refractivity contribution is 5.19. The van der Waals surface area contributed by atoms with Gasteiger partial charge in [0.1, 0.15) is 18.6 Å². The Balaban J connectivity index is 0.00000101. The zero-order valence-corrected chi connectivity index (χ0v) is 18.5. The SMILES string of the molecule is C=CC.Cc1ccn(CCCCOc2coc(COC3CCCCO3)cc2=O)c1C. The molecule has 2 aromatic heterocycles. The van der Waals surface area contributed by atoms with Gasteiger partial charge in [0.15, 0.2) is 6.29 Å². The molecule has 1 unspecified atom stereocenters. The fourth-order valence-electron chi connectivity index (χ4n) is 3.11. The van der Waals surface area contributed by atoms with Gasteiger partial charge >= 0.3 is 0 Å². The number of ether oxygens (including phenoxy) is 3. The molecule has 0 radical (unpaired) electrons. The summed E-state index contributed by atoms with van der Waals surface area (Å²) in [5, 5.41) is 0. The number of hydrogen-bond donors (Lipinski definition) is 0. The predicted molar refractivity (Wildman–Crippen MR) is 118 cm³/mol. The largest absolute Gasteiger partial charge is 0.487 e. The highest BCUT2D eigenvalue weighted by Crippen LogP contribution is 2.16. The summed E-state index contributed by atoms with van der Waals surface area (Å²) < 4.78 is 24.4. The summed E-state index contributed by atoms with van der Waals surface area (Å²) in [6.07, 6.45) is 9.96. The lowest BCUT2D eigenvalue weighted by atomic mass is 10.2. The third-order valence-corrected chi connectivity index (χ3v) is 4.96. The van der Waals surface area contributed by atoms with Gasteiger partial charge in [-0.2, -0.15) is 0 Å². The lowest BCUT2D eigenvalue weighted by molar-refractivity contribution is -0.171. The van der Waals surface area contributed by atoms with Crippen molar-refractivity contribution in [1.82, 2.24) is 4.57 Å². The van der Waals surface area contributed by atoms with Crippen molar-refractivity contribution in [3.8, 4) is 5.75 Å². The zero-order chi connectivity index (χ0) is 21.8. The summed E-state index contributed by atoms with van der Waals surface area (Å²) in [6.45, 7) is 11.9. The normalized spacial score (nSPS) is 15.9. The number of rotatable bonds is 9. The van der Waals surface area contributed by atoms with Crippen molar-refractivity contribution in [2.45, 2.75) is 72.3 Å². The van der Waals surface area contributed by atoms with Gasteiger partial charge in [0, 0.05) is 31.1 Å². The Labute approximate surface area is 179 Å². The first-order valence-electron chi connectivity index (χ1n) is 10.7. The van der Waals surface area contributed by atoms with Crippen LogP contribution >= 0.6 is 0 Å². The topological polar surface area (TPSA) is 62.8 Å². The number of nitrogens with zero attached hydrogens (tertiary/aromatic N) is 1. The highest BCUT2D eigenvalue weighted by Gasteiger charge is 2.15. The van der Waals surface area contributed by atoms with E-state index in [2.05, 4.69) is 37.3 Å². The molecule has 0 aromatic carbocycles. The van der Waals surface area contributed by atoms with E-state index < -0.39 is 0 Å². The lowest BCUT2D eigenvalue weighted by Crippen LogP contribution is -2.22. The third kappa shape index (κ3) is 7.84. The van der Waals surface area contributed by atoms with Crippen LogP contribution in [0, 0.1) is 13.8 Å². The van der Waals surface area contributed by atoms with Crippen molar-refractivity contribution in [3.05, 3.63) is 64.5 Å². The summed E-state index contributed by atoms with van der Waals surface area (Å²) in [7, 11) is 0. The van der Waals surface area contributed by atoms with E-state index in [9.17, 15) is 4.79 Å². The molecule has 166 valence electrons. The first-order valence-corrected chi connectivity index (χ1v) is 10.7.